The summed E-state index contributed by atoms with van der Waals surface area (Å²) in [5, 5.41) is 11.5. The van der Waals surface area contributed by atoms with Crippen molar-refractivity contribution in [3.05, 3.63) is 58.3 Å². The van der Waals surface area contributed by atoms with Crippen molar-refractivity contribution >= 4 is 27.5 Å². The molecule has 0 spiro atoms. The SMILES string of the molecule is Cc1nn(Cn2ccc(C(=O)Nc3ccncc3)n2)c(C)c1Br. The molecule has 7 nitrogen and oxygen atoms in total. The highest BCUT2D eigenvalue weighted by atomic mass is 79.9. The van der Waals surface area contributed by atoms with E-state index in [1.807, 2.05) is 18.5 Å². The number of aromatic nitrogens is 5. The molecule has 0 unspecified atom stereocenters. The molecule has 0 radical (unpaired) electrons. The number of carbonyl (C=O) groups is 1. The van der Waals surface area contributed by atoms with Crippen LogP contribution in [0, 0.1) is 13.8 Å². The van der Waals surface area contributed by atoms with Crippen LogP contribution >= 0.6 is 15.9 Å². The maximum Gasteiger partial charge on any atom is 0.276 e. The van der Waals surface area contributed by atoms with Gasteiger partial charge in [-0.2, -0.15) is 10.2 Å². The zero-order valence-corrected chi connectivity index (χ0v) is 14.3. The van der Waals surface area contributed by atoms with Crippen molar-refractivity contribution in [2.75, 3.05) is 5.32 Å². The molecule has 0 aliphatic rings. The van der Waals surface area contributed by atoms with E-state index in [1.165, 1.54) is 0 Å². The lowest BCUT2D eigenvalue weighted by Crippen LogP contribution is -2.15. The summed E-state index contributed by atoms with van der Waals surface area (Å²) in [5.74, 6) is -0.260. The van der Waals surface area contributed by atoms with Gasteiger partial charge in [-0.1, -0.05) is 0 Å². The second kappa shape index (κ2) is 6.33. The van der Waals surface area contributed by atoms with Crippen molar-refractivity contribution in [1.82, 2.24) is 24.5 Å². The molecule has 0 aromatic carbocycles. The Kier molecular flexibility index (Phi) is 4.24. The number of rotatable bonds is 4. The first-order valence-corrected chi connectivity index (χ1v) is 7.78. The predicted molar refractivity (Wildman–Crippen MR) is 89.2 cm³/mol. The molecule has 3 heterocycles. The molecule has 23 heavy (non-hydrogen) atoms. The second-order valence-electron chi connectivity index (χ2n) is 5.06. The molecule has 1 N–H and O–H groups in total. The summed E-state index contributed by atoms with van der Waals surface area (Å²) in [4.78, 5) is 16.1. The van der Waals surface area contributed by atoms with Crippen LogP contribution in [-0.2, 0) is 6.67 Å². The summed E-state index contributed by atoms with van der Waals surface area (Å²) in [7, 11) is 0. The summed E-state index contributed by atoms with van der Waals surface area (Å²) in [6.07, 6.45) is 5.00. The van der Waals surface area contributed by atoms with Crippen molar-refractivity contribution < 1.29 is 4.79 Å². The first-order valence-electron chi connectivity index (χ1n) is 6.99. The number of hydrogen-bond acceptors (Lipinski definition) is 4. The molecule has 3 rings (SSSR count). The zero-order chi connectivity index (χ0) is 16.4. The summed E-state index contributed by atoms with van der Waals surface area (Å²) >= 11 is 3.50. The molecule has 0 atom stereocenters. The van der Waals surface area contributed by atoms with Gasteiger partial charge in [-0.25, -0.2) is 4.68 Å². The van der Waals surface area contributed by atoms with Crippen LogP contribution in [0.2, 0.25) is 0 Å². The molecule has 0 aliphatic heterocycles. The Bertz CT molecular complexity index is 839. The van der Waals surface area contributed by atoms with Gasteiger partial charge in [0.1, 0.15) is 6.67 Å². The molecule has 0 fully saturated rings. The van der Waals surface area contributed by atoms with Crippen molar-refractivity contribution in [3.8, 4) is 0 Å². The number of anilines is 1. The minimum atomic E-state index is -0.260. The molecule has 3 aromatic rings. The van der Waals surface area contributed by atoms with Crippen LogP contribution in [-0.4, -0.2) is 30.5 Å². The van der Waals surface area contributed by atoms with Crippen molar-refractivity contribution in [2.24, 2.45) is 0 Å². The highest BCUT2D eigenvalue weighted by Crippen LogP contribution is 2.19. The minimum Gasteiger partial charge on any atom is -0.320 e. The van der Waals surface area contributed by atoms with Crippen LogP contribution in [0.3, 0.4) is 0 Å². The van der Waals surface area contributed by atoms with Gasteiger partial charge in [-0.15, -0.1) is 0 Å². The topological polar surface area (TPSA) is 77.6 Å². The van der Waals surface area contributed by atoms with Crippen LogP contribution in [0.25, 0.3) is 0 Å². The smallest absolute Gasteiger partial charge is 0.276 e. The van der Waals surface area contributed by atoms with Crippen LogP contribution in [0.4, 0.5) is 5.69 Å². The number of nitrogens with one attached hydrogen (secondary N) is 1. The Morgan fingerprint density at radius 2 is 1.96 bits per heavy atom. The fraction of sp³-hybridized carbons (Fsp3) is 0.200. The number of hydrogen-bond donors (Lipinski definition) is 1. The standard InChI is InChI=1S/C15H15BrN6O/c1-10-14(16)11(2)22(19-10)9-21-8-5-13(20-21)15(23)18-12-3-6-17-7-4-12/h3-8H,9H2,1-2H3,(H,17,18,23). The van der Waals surface area contributed by atoms with E-state index in [4.69, 9.17) is 0 Å². The van der Waals surface area contributed by atoms with Crippen LogP contribution in [0.1, 0.15) is 21.9 Å². The molecule has 1 amide bonds. The Hall–Kier alpha value is -2.48. The second-order valence-corrected chi connectivity index (χ2v) is 5.85. The lowest BCUT2D eigenvalue weighted by Gasteiger charge is -2.05. The lowest BCUT2D eigenvalue weighted by molar-refractivity contribution is 0.102. The Labute approximate surface area is 141 Å². The van der Waals surface area contributed by atoms with Crippen molar-refractivity contribution in [1.29, 1.82) is 0 Å². The average Bonchev–Trinajstić information content (AvgIpc) is 3.10. The highest BCUT2D eigenvalue weighted by molar-refractivity contribution is 9.10. The van der Waals surface area contributed by atoms with E-state index < -0.39 is 0 Å². The van der Waals surface area contributed by atoms with Gasteiger partial charge in [0, 0.05) is 24.3 Å². The van der Waals surface area contributed by atoms with Crippen molar-refractivity contribution in [2.45, 2.75) is 20.5 Å². The van der Waals surface area contributed by atoms with E-state index >= 15 is 0 Å². The van der Waals surface area contributed by atoms with Crippen LogP contribution in [0.5, 0.6) is 0 Å². The average molecular weight is 375 g/mol. The van der Waals surface area contributed by atoms with Gasteiger partial charge >= 0.3 is 0 Å². The van der Waals surface area contributed by atoms with Crippen LogP contribution in [0.15, 0.2) is 41.3 Å². The Morgan fingerprint density at radius 3 is 2.61 bits per heavy atom. The van der Waals surface area contributed by atoms with Crippen molar-refractivity contribution in [3.63, 3.8) is 0 Å². The molecule has 0 bridgehead atoms. The van der Waals surface area contributed by atoms with E-state index in [0.29, 0.717) is 18.1 Å². The highest BCUT2D eigenvalue weighted by Gasteiger charge is 2.12. The molecule has 8 heteroatoms. The molecular formula is C15H15BrN6O. The third-order valence-corrected chi connectivity index (χ3v) is 4.53. The van der Waals surface area contributed by atoms with E-state index in [-0.39, 0.29) is 5.91 Å². The fourth-order valence-electron chi connectivity index (χ4n) is 2.14. The van der Waals surface area contributed by atoms with Gasteiger partial charge in [0.15, 0.2) is 5.69 Å². The first kappa shape index (κ1) is 15.4. The number of halogens is 1. The number of pyridine rings is 1. The van der Waals surface area contributed by atoms with Crippen LogP contribution < -0.4 is 5.32 Å². The maximum atomic E-state index is 12.2. The largest absolute Gasteiger partial charge is 0.320 e. The molecule has 0 saturated carbocycles. The fourth-order valence-corrected chi connectivity index (χ4v) is 2.43. The summed E-state index contributed by atoms with van der Waals surface area (Å²) < 4.78 is 4.49. The van der Waals surface area contributed by atoms with E-state index in [2.05, 4.69) is 36.4 Å². The molecule has 0 aliphatic carbocycles. The first-order chi connectivity index (χ1) is 11.0. The summed E-state index contributed by atoms with van der Waals surface area (Å²) in [6, 6.07) is 5.13. The third kappa shape index (κ3) is 3.31. The van der Waals surface area contributed by atoms with E-state index in [9.17, 15) is 4.79 Å². The number of amides is 1. The third-order valence-electron chi connectivity index (χ3n) is 3.38. The van der Waals surface area contributed by atoms with E-state index in [0.717, 1.165) is 15.9 Å². The zero-order valence-electron chi connectivity index (χ0n) is 12.7. The molecular weight excluding hydrogens is 360 g/mol. The van der Waals surface area contributed by atoms with Gasteiger partial charge in [0.2, 0.25) is 0 Å². The Morgan fingerprint density at radius 1 is 1.22 bits per heavy atom. The van der Waals surface area contributed by atoms with Gasteiger partial charge in [-0.3, -0.25) is 14.5 Å². The lowest BCUT2D eigenvalue weighted by atomic mass is 10.3. The number of carbonyl (C=O) groups excluding carboxylic acids is 1. The van der Waals surface area contributed by atoms with Gasteiger partial charge in [0.25, 0.3) is 5.91 Å². The van der Waals surface area contributed by atoms with Gasteiger partial charge in [0.05, 0.1) is 15.9 Å². The van der Waals surface area contributed by atoms with E-state index in [1.54, 1.807) is 41.5 Å². The maximum absolute atomic E-state index is 12.2. The van der Waals surface area contributed by atoms with Gasteiger partial charge < -0.3 is 5.32 Å². The number of aryl methyl sites for hydroxylation is 1. The summed E-state index contributed by atoms with van der Waals surface area (Å²) in [5.41, 5.74) is 2.97. The quantitative estimate of drug-likeness (QED) is 0.761. The number of nitrogens with zero attached hydrogens (tertiary/aromatic N) is 5. The minimum absolute atomic E-state index is 0.260. The Balaban J connectivity index is 1.72. The molecule has 0 saturated heterocycles. The monoisotopic (exact) mass is 374 g/mol. The predicted octanol–water partition coefficient (Wildman–Crippen LogP) is 2.61. The molecule has 3 aromatic heterocycles. The van der Waals surface area contributed by atoms with Gasteiger partial charge in [-0.05, 0) is 48.0 Å². The summed E-state index contributed by atoms with van der Waals surface area (Å²) in [6.45, 7) is 4.36. The molecule has 118 valence electrons. The normalized spacial score (nSPS) is 10.7.